The second-order valence-corrected chi connectivity index (χ2v) is 12.3. The van der Waals surface area contributed by atoms with Gasteiger partial charge in [-0.2, -0.15) is 40.5 Å². The van der Waals surface area contributed by atoms with E-state index in [-0.39, 0.29) is 40.5 Å². The molecule has 40 heavy (non-hydrogen) atoms. The first kappa shape index (κ1) is 36.8. The summed E-state index contributed by atoms with van der Waals surface area (Å²) in [6.07, 6.45) is 11.0. The summed E-state index contributed by atoms with van der Waals surface area (Å²) in [6, 6.07) is 9.73. The van der Waals surface area contributed by atoms with Crippen LogP contribution < -0.4 is 5.73 Å². The number of rotatable bonds is 12. The number of nitrogens with two attached hydrogens (primary N) is 1. The van der Waals surface area contributed by atoms with E-state index in [1.54, 1.807) is 0 Å². The van der Waals surface area contributed by atoms with Crippen molar-refractivity contribution in [3.8, 4) is 0 Å². The zero-order valence-electron chi connectivity index (χ0n) is 25.5. The Morgan fingerprint density at radius 1 is 1.05 bits per heavy atom. The number of hydrogen-bond acceptors (Lipinski definition) is 4. The Morgan fingerprint density at radius 3 is 2.45 bits per heavy atom. The van der Waals surface area contributed by atoms with Gasteiger partial charge in [-0.15, -0.1) is 0 Å². The van der Waals surface area contributed by atoms with Crippen LogP contribution in [0.25, 0.3) is 0 Å². The monoisotopic (exact) mass is 610 g/mol. The van der Waals surface area contributed by atoms with Gasteiger partial charge in [-0.25, -0.2) is 0 Å². The number of guanidine groups is 2. The van der Waals surface area contributed by atoms with E-state index in [4.69, 9.17) is 11.1 Å². The lowest BCUT2D eigenvalue weighted by molar-refractivity contribution is 0.211. The highest BCUT2D eigenvalue weighted by Crippen LogP contribution is 2.30. The van der Waals surface area contributed by atoms with Crippen molar-refractivity contribution in [1.29, 1.82) is 5.41 Å². The van der Waals surface area contributed by atoms with Crippen molar-refractivity contribution in [1.82, 2.24) is 14.7 Å². The van der Waals surface area contributed by atoms with Crippen LogP contribution in [0.1, 0.15) is 83.3 Å². The molecule has 230 valence electrons. The van der Waals surface area contributed by atoms with Crippen molar-refractivity contribution in [2.75, 3.05) is 32.7 Å². The van der Waals surface area contributed by atoms with E-state index in [1.807, 2.05) is 0 Å². The van der Waals surface area contributed by atoms with Crippen molar-refractivity contribution >= 4 is 52.4 Å². The van der Waals surface area contributed by atoms with Crippen LogP contribution in [0.5, 0.6) is 0 Å². The molecule has 0 aromatic heterocycles. The Labute approximate surface area is 265 Å². The van der Waals surface area contributed by atoms with Gasteiger partial charge in [0, 0.05) is 26.2 Å². The molecule has 0 bridgehead atoms. The van der Waals surface area contributed by atoms with Crippen LogP contribution in [0.4, 0.5) is 0 Å². The normalized spacial score (nSPS) is 25.1. The maximum Gasteiger partial charge on any atom is 0.194 e. The third-order valence-electron chi connectivity index (χ3n) is 9.41. The van der Waals surface area contributed by atoms with Crippen molar-refractivity contribution in [2.45, 2.75) is 97.6 Å². The molecular weight excluding hydrogens is 553 g/mol. The van der Waals surface area contributed by atoms with E-state index in [1.165, 1.54) is 43.2 Å². The molecule has 2 fully saturated rings. The minimum absolute atomic E-state index is 0. The van der Waals surface area contributed by atoms with E-state index in [2.05, 4.69) is 71.7 Å². The minimum atomic E-state index is 0. The van der Waals surface area contributed by atoms with Crippen molar-refractivity contribution in [3.63, 3.8) is 0 Å². The number of aliphatic imine (C=N–C) groups is 1. The van der Waals surface area contributed by atoms with Crippen LogP contribution in [-0.4, -0.2) is 71.4 Å². The molecule has 2 heterocycles. The second-order valence-electron chi connectivity index (χ2n) is 12.3. The topological polar surface area (TPSA) is 72.0 Å². The van der Waals surface area contributed by atoms with E-state index < -0.39 is 0 Å². The molecule has 3 N–H and O–H groups in total. The van der Waals surface area contributed by atoms with Crippen LogP contribution in [0, 0.1) is 30.1 Å². The Balaban J connectivity index is 0.00000267. The first-order chi connectivity index (χ1) is 17.9. The average molecular weight is 611 g/mol. The molecule has 1 saturated carbocycles. The second kappa shape index (κ2) is 17.7. The van der Waals surface area contributed by atoms with Crippen LogP contribution >= 0.6 is 40.5 Å². The summed E-state index contributed by atoms with van der Waals surface area (Å²) in [6.45, 7) is 14.0. The van der Waals surface area contributed by atoms with Gasteiger partial charge in [0.25, 0.3) is 0 Å². The van der Waals surface area contributed by atoms with Crippen LogP contribution in [0.15, 0.2) is 29.3 Å². The molecule has 0 radical (unpaired) electrons. The maximum absolute atomic E-state index is 9.00. The zero-order chi connectivity index (χ0) is 26.4. The highest BCUT2D eigenvalue weighted by Gasteiger charge is 2.36. The fourth-order valence-electron chi connectivity index (χ4n) is 6.63. The summed E-state index contributed by atoms with van der Waals surface area (Å²) in [5.41, 5.74) is 9.01. The first-order valence-corrected chi connectivity index (χ1v) is 15.1. The van der Waals surface area contributed by atoms with E-state index in [0.717, 1.165) is 82.2 Å². The molecule has 2 aliphatic heterocycles. The van der Waals surface area contributed by atoms with E-state index in [0.29, 0.717) is 18.0 Å². The van der Waals surface area contributed by atoms with Crippen molar-refractivity contribution in [3.05, 3.63) is 35.4 Å². The molecule has 0 amide bonds. The third kappa shape index (κ3) is 9.69. The highest BCUT2D eigenvalue weighted by molar-refractivity contribution is 7.59. The van der Waals surface area contributed by atoms with Gasteiger partial charge >= 0.3 is 0 Å². The minimum Gasteiger partial charge on any atom is -0.370 e. The third-order valence-corrected chi connectivity index (χ3v) is 9.41. The molecule has 1 saturated heterocycles. The van der Waals surface area contributed by atoms with Crippen molar-refractivity contribution in [2.24, 2.45) is 28.5 Å². The lowest BCUT2D eigenvalue weighted by Gasteiger charge is -2.33. The Kier molecular flexibility index (Phi) is 16.3. The Bertz CT molecular complexity index is 920. The van der Waals surface area contributed by atoms with Crippen LogP contribution in [0.2, 0.25) is 0 Å². The predicted octanol–water partition coefficient (Wildman–Crippen LogP) is 5.84. The summed E-state index contributed by atoms with van der Waals surface area (Å²) >= 11 is 0. The fourth-order valence-corrected chi connectivity index (χ4v) is 6.63. The Hall–Kier alpha value is -1.19. The van der Waals surface area contributed by atoms with Gasteiger partial charge in [0.2, 0.25) is 0 Å². The smallest absolute Gasteiger partial charge is 0.194 e. The predicted molar refractivity (Wildman–Crippen MR) is 187 cm³/mol. The van der Waals surface area contributed by atoms with Crippen LogP contribution in [-0.2, 0) is 6.42 Å². The molecule has 3 aliphatic rings. The molecular formula is C31H58N6S3. The fraction of sp³-hybridized carbons (Fsp3) is 0.742. The molecule has 0 spiro atoms. The van der Waals surface area contributed by atoms with Gasteiger partial charge in [-0.1, -0.05) is 69.9 Å². The molecule has 3 atom stereocenters. The van der Waals surface area contributed by atoms with Gasteiger partial charge in [0.1, 0.15) is 0 Å². The lowest BCUT2D eigenvalue weighted by atomic mass is 9.82. The summed E-state index contributed by atoms with van der Waals surface area (Å²) in [5, 5.41) is 9.00. The van der Waals surface area contributed by atoms with Crippen molar-refractivity contribution < 1.29 is 0 Å². The summed E-state index contributed by atoms with van der Waals surface area (Å²) < 4.78 is 0. The number of benzene rings is 1. The van der Waals surface area contributed by atoms with Gasteiger partial charge in [0.05, 0.1) is 18.6 Å². The largest absolute Gasteiger partial charge is 0.370 e. The SMILES string of the molecule is CCC(C)[C@H]1CN(CCCC[C@H]2CN=C(N)N2CC2CCC(C)CC2)C(=N)N1CCc1cccc(C)c1.S.S.S. The summed E-state index contributed by atoms with van der Waals surface area (Å²) in [5.74, 6) is 3.76. The first-order valence-electron chi connectivity index (χ1n) is 15.1. The summed E-state index contributed by atoms with van der Waals surface area (Å²) in [7, 11) is 0. The molecule has 1 aliphatic carbocycles. The van der Waals surface area contributed by atoms with Gasteiger partial charge < -0.3 is 20.4 Å². The number of nitrogens with zero attached hydrogens (tertiary/aromatic N) is 4. The van der Waals surface area contributed by atoms with Gasteiger partial charge in [-0.05, 0) is 68.8 Å². The molecule has 1 aromatic rings. The number of hydrogen-bond donors (Lipinski definition) is 2. The highest BCUT2D eigenvalue weighted by atomic mass is 32.1. The summed E-state index contributed by atoms with van der Waals surface area (Å²) in [4.78, 5) is 11.8. The number of unbranched alkanes of at least 4 members (excludes halogenated alkanes) is 1. The molecule has 6 nitrogen and oxygen atoms in total. The quantitative estimate of drug-likeness (QED) is 0.292. The van der Waals surface area contributed by atoms with Gasteiger partial charge in [-0.3, -0.25) is 10.4 Å². The van der Waals surface area contributed by atoms with Gasteiger partial charge in [0.15, 0.2) is 11.9 Å². The number of aryl methyl sites for hydroxylation is 1. The molecule has 1 aromatic carbocycles. The standard InChI is InChI=1S/C31H52N6.3H2S/c1-5-25(4)29-22-35(31(33)36(29)18-16-26-10-8-9-24(3)19-26)17-7-6-11-28-20-34-30(32)37(28)21-27-14-12-23(2)13-15-27;;;/h8-10,19,23,25,27-29,33H,5-7,11-18,20-22H2,1-4H3,(H2,32,34);3*1H2/t23?,25?,27?,28-,29+;;;/m0.../s1. The number of nitrogens with one attached hydrogen (secondary N) is 1. The molecule has 1 unspecified atom stereocenters. The van der Waals surface area contributed by atoms with E-state index in [9.17, 15) is 0 Å². The average Bonchev–Trinajstić information content (AvgIpc) is 3.40. The Morgan fingerprint density at radius 2 is 1.77 bits per heavy atom. The van der Waals surface area contributed by atoms with Crippen LogP contribution in [0.3, 0.4) is 0 Å². The molecule has 9 heteroatoms. The maximum atomic E-state index is 9.00. The molecule has 4 rings (SSSR count). The zero-order valence-corrected chi connectivity index (χ0v) is 28.5. The lowest BCUT2D eigenvalue weighted by Crippen LogP contribution is -2.44. The van der Waals surface area contributed by atoms with E-state index >= 15 is 0 Å².